The van der Waals surface area contributed by atoms with Crippen LogP contribution in [0.15, 0.2) is 84.9 Å². The molecule has 3 N–H and O–H groups in total. The Morgan fingerprint density at radius 1 is 0.880 bits per heavy atom. The third-order valence-corrected chi connectivity index (χ3v) is 9.43. The fourth-order valence-electron chi connectivity index (χ4n) is 6.70. The summed E-state index contributed by atoms with van der Waals surface area (Å²) in [5, 5.41) is 21.3. The van der Waals surface area contributed by atoms with E-state index in [4.69, 9.17) is 24.1 Å². The number of methoxy groups -OCH3 is 2. The average molecular weight is 681 g/mol. The van der Waals surface area contributed by atoms with Crippen molar-refractivity contribution in [2.75, 3.05) is 27.3 Å². The lowest BCUT2D eigenvalue weighted by Gasteiger charge is -2.39. The maximum absolute atomic E-state index is 12.2. The van der Waals surface area contributed by atoms with Crippen LogP contribution >= 0.6 is 0 Å². The van der Waals surface area contributed by atoms with Crippen LogP contribution in [0.1, 0.15) is 65.0 Å². The van der Waals surface area contributed by atoms with Crippen LogP contribution in [-0.4, -0.2) is 60.4 Å². The maximum atomic E-state index is 12.2. The number of nitrogens with one attached hydrogen (secondary N) is 1. The highest BCUT2D eigenvalue weighted by atomic mass is 16.7. The van der Waals surface area contributed by atoms with E-state index in [1.54, 1.807) is 14.2 Å². The van der Waals surface area contributed by atoms with Crippen LogP contribution in [0.5, 0.6) is 11.5 Å². The summed E-state index contributed by atoms with van der Waals surface area (Å²) in [7, 11) is 3.32. The fraction of sp³-hybridized carbons (Fsp3) is 0.350. The van der Waals surface area contributed by atoms with Gasteiger partial charge in [-0.05, 0) is 57.5 Å². The van der Waals surface area contributed by atoms with Crippen molar-refractivity contribution in [2.24, 2.45) is 0 Å². The molecule has 0 unspecified atom stereocenters. The minimum absolute atomic E-state index is 0.0141. The largest absolute Gasteiger partial charge is 0.493 e. The van der Waals surface area contributed by atoms with Crippen LogP contribution in [-0.2, 0) is 45.2 Å². The number of hydrogen-bond donors (Lipinski definition) is 3. The highest BCUT2D eigenvalue weighted by Gasteiger charge is 2.34. The van der Waals surface area contributed by atoms with Gasteiger partial charge < -0.3 is 34.5 Å². The van der Waals surface area contributed by atoms with Crippen molar-refractivity contribution in [3.05, 3.63) is 118 Å². The van der Waals surface area contributed by atoms with E-state index in [0.29, 0.717) is 13.0 Å². The molecular weight excluding hydrogens is 636 g/mol. The van der Waals surface area contributed by atoms with Crippen LogP contribution < -0.4 is 14.8 Å². The third kappa shape index (κ3) is 8.51. The first-order valence-electron chi connectivity index (χ1n) is 17.0. The predicted molar refractivity (Wildman–Crippen MR) is 188 cm³/mol. The molecule has 2 aliphatic heterocycles. The van der Waals surface area contributed by atoms with Gasteiger partial charge in [0.2, 0.25) is 5.91 Å². The number of aliphatic hydroxyl groups is 1. The summed E-state index contributed by atoms with van der Waals surface area (Å²) in [5.41, 5.74) is 8.17. The number of carbonyl (C=O) groups excluding carboxylic acids is 1. The third-order valence-electron chi connectivity index (χ3n) is 9.43. The van der Waals surface area contributed by atoms with Crippen molar-refractivity contribution in [2.45, 2.75) is 63.9 Å². The Balaban J connectivity index is 1.19. The highest BCUT2D eigenvalue weighted by Crippen LogP contribution is 2.40. The summed E-state index contributed by atoms with van der Waals surface area (Å²) < 4.78 is 24.4. The standard InChI is InChI=1S/C40H44N2O8/c1-47-36-19-30-17-18-42(23-32(30)20-37(36)48-2)24-33-21-35(28-9-7-26(25-43)8-10-28)50-40(49-33)29-13-11-27(12-14-29)34-6-4-3-5-31(34)22-41-38(44)15-16-39(45)46/h3-14,19-20,33,35,40,43H,15-18,21-25H2,1-2H3,(H,41,44)(H,45,46)/t33-,35+,40+/m0/s1. The summed E-state index contributed by atoms with van der Waals surface area (Å²) in [6.45, 7) is 2.70. The second-order valence-corrected chi connectivity index (χ2v) is 12.8. The Hall–Kier alpha value is -4.74. The van der Waals surface area contributed by atoms with Crippen molar-refractivity contribution in [3.8, 4) is 22.6 Å². The molecule has 3 atom stereocenters. The van der Waals surface area contributed by atoms with Crippen LogP contribution in [0.25, 0.3) is 11.1 Å². The minimum Gasteiger partial charge on any atom is -0.493 e. The number of aliphatic hydroxyl groups excluding tert-OH is 1. The Labute approximate surface area is 292 Å². The van der Waals surface area contributed by atoms with Crippen molar-refractivity contribution in [1.29, 1.82) is 0 Å². The minimum atomic E-state index is -0.997. The van der Waals surface area contributed by atoms with Crippen molar-refractivity contribution >= 4 is 11.9 Å². The second kappa shape index (κ2) is 16.3. The van der Waals surface area contributed by atoms with E-state index >= 15 is 0 Å². The average Bonchev–Trinajstić information content (AvgIpc) is 3.15. The number of hydrogen-bond acceptors (Lipinski definition) is 8. The molecule has 4 aromatic rings. The monoisotopic (exact) mass is 680 g/mol. The number of nitrogens with zero attached hydrogens (tertiary/aromatic N) is 1. The summed E-state index contributed by atoms with van der Waals surface area (Å²) in [6.07, 6.45) is 0.455. The van der Waals surface area contributed by atoms with Gasteiger partial charge in [-0.15, -0.1) is 0 Å². The first-order valence-corrected chi connectivity index (χ1v) is 17.0. The number of fused-ring (bicyclic) bond motifs is 1. The molecule has 0 spiro atoms. The molecule has 262 valence electrons. The normalized spacial score (nSPS) is 19.0. The lowest BCUT2D eigenvalue weighted by Crippen LogP contribution is -2.41. The van der Waals surface area contributed by atoms with Crippen molar-refractivity contribution in [3.63, 3.8) is 0 Å². The molecule has 1 saturated heterocycles. The molecule has 0 aliphatic carbocycles. The van der Waals surface area contributed by atoms with Gasteiger partial charge in [-0.1, -0.05) is 72.8 Å². The molecule has 6 rings (SSSR count). The summed E-state index contributed by atoms with van der Waals surface area (Å²) in [4.78, 5) is 25.4. The SMILES string of the molecule is COc1cc2c(cc1OC)CN(C[C@@H]1C[C@H](c3ccc(CO)cc3)O[C@H](c3ccc(-c4ccccc4CNC(=O)CCC(=O)O)cc3)O1)CC2. The van der Waals surface area contributed by atoms with Crippen molar-refractivity contribution < 1.29 is 38.7 Å². The van der Waals surface area contributed by atoms with Gasteiger partial charge in [0.25, 0.3) is 0 Å². The second-order valence-electron chi connectivity index (χ2n) is 12.8. The van der Waals surface area contributed by atoms with Gasteiger partial charge in [0, 0.05) is 44.6 Å². The topological polar surface area (TPSA) is 127 Å². The highest BCUT2D eigenvalue weighted by molar-refractivity contribution is 5.81. The quantitative estimate of drug-likeness (QED) is 0.157. The lowest BCUT2D eigenvalue weighted by atomic mass is 9.96. The molecule has 50 heavy (non-hydrogen) atoms. The maximum Gasteiger partial charge on any atom is 0.303 e. The number of carboxylic acids is 1. The molecule has 0 bridgehead atoms. The van der Waals surface area contributed by atoms with Crippen LogP contribution in [0.2, 0.25) is 0 Å². The molecule has 0 radical (unpaired) electrons. The van der Waals surface area contributed by atoms with Crippen LogP contribution in [0.4, 0.5) is 0 Å². The van der Waals surface area contributed by atoms with Gasteiger partial charge in [-0.3, -0.25) is 14.5 Å². The Morgan fingerprint density at radius 3 is 2.28 bits per heavy atom. The van der Waals surface area contributed by atoms with E-state index in [1.807, 2.05) is 72.8 Å². The van der Waals surface area contributed by atoms with Gasteiger partial charge in [-0.2, -0.15) is 0 Å². The summed E-state index contributed by atoms with van der Waals surface area (Å²) in [5.74, 6) is 0.185. The van der Waals surface area contributed by atoms with Gasteiger partial charge in [-0.25, -0.2) is 0 Å². The van der Waals surface area contributed by atoms with Crippen LogP contribution in [0.3, 0.4) is 0 Å². The zero-order valence-corrected chi connectivity index (χ0v) is 28.5. The first kappa shape index (κ1) is 35.1. The number of aliphatic carboxylic acids is 1. The molecule has 10 heteroatoms. The smallest absolute Gasteiger partial charge is 0.303 e. The van der Waals surface area contributed by atoms with E-state index in [2.05, 4.69) is 22.3 Å². The number of rotatable bonds is 13. The molecule has 1 fully saturated rings. The van der Waals surface area contributed by atoms with Crippen molar-refractivity contribution in [1.82, 2.24) is 10.2 Å². The lowest BCUT2D eigenvalue weighted by molar-refractivity contribution is -0.253. The van der Waals surface area contributed by atoms with Crippen LogP contribution in [0, 0.1) is 0 Å². The van der Waals surface area contributed by atoms with E-state index in [1.165, 1.54) is 11.1 Å². The molecule has 1 amide bonds. The number of ether oxygens (including phenoxy) is 4. The van der Waals surface area contributed by atoms with E-state index in [9.17, 15) is 14.7 Å². The summed E-state index contributed by atoms with van der Waals surface area (Å²) >= 11 is 0. The number of carbonyl (C=O) groups is 2. The molecule has 0 aromatic heterocycles. The Kier molecular flexibility index (Phi) is 11.5. The van der Waals surface area contributed by atoms with E-state index < -0.39 is 12.3 Å². The zero-order valence-electron chi connectivity index (χ0n) is 28.5. The van der Waals surface area contributed by atoms with Gasteiger partial charge in [0.05, 0.1) is 39.5 Å². The van der Waals surface area contributed by atoms with Gasteiger partial charge >= 0.3 is 5.97 Å². The molecular formula is C40H44N2O8. The van der Waals surface area contributed by atoms with Gasteiger partial charge in [0.15, 0.2) is 17.8 Å². The molecule has 0 saturated carbocycles. The summed E-state index contributed by atoms with van der Waals surface area (Å²) in [6, 6.07) is 28.0. The number of carboxylic acid groups (broad SMARTS) is 1. The van der Waals surface area contributed by atoms with E-state index in [0.717, 1.165) is 70.9 Å². The molecule has 2 heterocycles. The first-order chi connectivity index (χ1) is 24.3. The molecule has 10 nitrogen and oxygen atoms in total. The predicted octanol–water partition coefficient (Wildman–Crippen LogP) is 5.95. The zero-order chi connectivity index (χ0) is 35.0. The number of amides is 1. The number of benzene rings is 4. The molecule has 4 aromatic carbocycles. The fourth-order valence-corrected chi connectivity index (χ4v) is 6.70. The van der Waals surface area contributed by atoms with Gasteiger partial charge in [0.1, 0.15) is 0 Å². The Morgan fingerprint density at radius 2 is 1.58 bits per heavy atom. The Bertz CT molecular complexity index is 1780. The molecule has 2 aliphatic rings. The van der Waals surface area contributed by atoms with E-state index in [-0.39, 0.29) is 37.6 Å².